The van der Waals surface area contributed by atoms with Gasteiger partial charge in [-0.3, -0.25) is 4.79 Å². The van der Waals surface area contributed by atoms with E-state index >= 15 is 0 Å². The predicted octanol–water partition coefficient (Wildman–Crippen LogP) is 0.938. The van der Waals surface area contributed by atoms with Gasteiger partial charge in [0.05, 0.1) is 18.2 Å². The SMILES string of the molecule is O=C(NC1CCCCCC1O)[C@@H]1CCCCN1. The number of aliphatic hydroxyl groups is 1. The number of hydrogen-bond acceptors (Lipinski definition) is 3. The highest BCUT2D eigenvalue weighted by atomic mass is 16.3. The van der Waals surface area contributed by atoms with E-state index < -0.39 is 0 Å². The molecule has 2 rings (SSSR count). The minimum absolute atomic E-state index is 0.0336. The van der Waals surface area contributed by atoms with Crippen molar-refractivity contribution >= 4 is 5.91 Å². The summed E-state index contributed by atoms with van der Waals surface area (Å²) in [5.74, 6) is 0.0793. The van der Waals surface area contributed by atoms with Crippen LogP contribution in [-0.2, 0) is 4.79 Å². The monoisotopic (exact) mass is 240 g/mol. The van der Waals surface area contributed by atoms with E-state index in [2.05, 4.69) is 10.6 Å². The van der Waals surface area contributed by atoms with Crippen LogP contribution in [-0.4, -0.2) is 35.7 Å². The molecule has 2 fully saturated rings. The van der Waals surface area contributed by atoms with Crippen LogP contribution >= 0.6 is 0 Å². The molecule has 1 amide bonds. The van der Waals surface area contributed by atoms with Crippen LogP contribution in [0, 0.1) is 0 Å². The topological polar surface area (TPSA) is 61.4 Å². The van der Waals surface area contributed by atoms with E-state index in [1.807, 2.05) is 0 Å². The standard InChI is InChI=1S/C13H24N2O2/c16-12-8-3-1-2-6-10(12)15-13(17)11-7-4-5-9-14-11/h10-12,14,16H,1-9H2,(H,15,17)/t10?,11-,12?/m0/s1. The molecule has 17 heavy (non-hydrogen) atoms. The summed E-state index contributed by atoms with van der Waals surface area (Å²) in [7, 11) is 0. The molecule has 3 atom stereocenters. The van der Waals surface area contributed by atoms with E-state index in [1.54, 1.807) is 0 Å². The summed E-state index contributed by atoms with van der Waals surface area (Å²) in [4.78, 5) is 12.0. The van der Waals surface area contributed by atoms with Gasteiger partial charge in [0, 0.05) is 0 Å². The van der Waals surface area contributed by atoms with Crippen LogP contribution in [0.1, 0.15) is 51.4 Å². The molecule has 0 aromatic heterocycles. The summed E-state index contributed by atoms with van der Waals surface area (Å²) in [5.41, 5.74) is 0. The highest BCUT2D eigenvalue weighted by Crippen LogP contribution is 2.18. The van der Waals surface area contributed by atoms with Gasteiger partial charge in [0.25, 0.3) is 0 Å². The zero-order chi connectivity index (χ0) is 12.1. The van der Waals surface area contributed by atoms with Gasteiger partial charge in [-0.25, -0.2) is 0 Å². The smallest absolute Gasteiger partial charge is 0.237 e. The summed E-state index contributed by atoms with van der Waals surface area (Å²) in [6.07, 6.45) is 7.95. The summed E-state index contributed by atoms with van der Waals surface area (Å²) in [6.45, 7) is 0.936. The molecule has 1 saturated carbocycles. The lowest BCUT2D eigenvalue weighted by atomic mass is 10.0. The molecule has 4 nitrogen and oxygen atoms in total. The van der Waals surface area contributed by atoms with Gasteiger partial charge in [0.2, 0.25) is 5.91 Å². The number of piperidine rings is 1. The lowest BCUT2D eigenvalue weighted by Crippen LogP contribution is -2.52. The summed E-state index contributed by atoms with van der Waals surface area (Å²) in [6, 6.07) is -0.0760. The fourth-order valence-electron chi connectivity index (χ4n) is 2.82. The molecular formula is C13H24N2O2. The van der Waals surface area contributed by atoms with Crippen molar-refractivity contribution < 1.29 is 9.90 Å². The van der Waals surface area contributed by atoms with Crippen LogP contribution in [0.3, 0.4) is 0 Å². The Labute approximate surface area is 103 Å². The van der Waals surface area contributed by atoms with Gasteiger partial charge >= 0.3 is 0 Å². The average molecular weight is 240 g/mol. The Balaban J connectivity index is 1.83. The van der Waals surface area contributed by atoms with Crippen molar-refractivity contribution in [2.75, 3.05) is 6.54 Å². The van der Waals surface area contributed by atoms with E-state index in [0.29, 0.717) is 0 Å². The van der Waals surface area contributed by atoms with Gasteiger partial charge in [-0.15, -0.1) is 0 Å². The lowest BCUT2D eigenvalue weighted by Gasteiger charge is -2.27. The number of aliphatic hydroxyl groups excluding tert-OH is 1. The summed E-state index contributed by atoms with van der Waals surface area (Å²) >= 11 is 0. The van der Waals surface area contributed by atoms with Crippen LogP contribution < -0.4 is 10.6 Å². The van der Waals surface area contributed by atoms with Gasteiger partial charge in [-0.1, -0.05) is 25.7 Å². The molecule has 0 aromatic carbocycles. The van der Waals surface area contributed by atoms with Crippen molar-refractivity contribution in [2.24, 2.45) is 0 Å². The van der Waals surface area contributed by atoms with Gasteiger partial charge in [0.1, 0.15) is 0 Å². The van der Waals surface area contributed by atoms with Crippen molar-refractivity contribution in [1.82, 2.24) is 10.6 Å². The van der Waals surface area contributed by atoms with E-state index in [4.69, 9.17) is 0 Å². The molecule has 1 saturated heterocycles. The Morgan fingerprint density at radius 3 is 2.59 bits per heavy atom. The van der Waals surface area contributed by atoms with E-state index in [1.165, 1.54) is 6.42 Å². The number of carbonyl (C=O) groups excluding carboxylic acids is 1. The third kappa shape index (κ3) is 3.68. The zero-order valence-corrected chi connectivity index (χ0v) is 10.5. The van der Waals surface area contributed by atoms with E-state index in [0.717, 1.165) is 51.5 Å². The first-order chi connectivity index (χ1) is 8.27. The van der Waals surface area contributed by atoms with Crippen LogP contribution in [0.15, 0.2) is 0 Å². The number of hydrogen-bond donors (Lipinski definition) is 3. The van der Waals surface area contributed by atoms with Crippen molar-refractivity contribution in [3.8, 4) is 0 Å². The molecule has 3 N–H and O–H groups in total. The molecule has 1 aliphatic carbocycles. The average Bonchev–Trinajstić information content (AvgIpc) is 2.56. The molecule has 2 unspecified atom stereocenters. The maximum absolute atomic E-state index is 12.0. The highest BCUT2D eigenvalue weighted by Gasteiger charge is 2.27. The molecule has 1 heterocycles. The first-order valence-electron chi connectivity index (χ1n) is 6.99. The maximum Gasteiger partial charge on any atom is 0.237 e. The Morgan fingerprint density at radius 2 is 1.82 bits per heavy atom. The number of amides is 1. The molecule has 0 aromatic rings. The van der Waals surface area contributed by atoms with E-state index in [-0.39, 0.29) is 24.1 Å². The minimum atomic E-state index is -0.356. The normalized spacial score (nSPS) is 35.0. The third-order valence-corrected chi connectivity index (χ3v) is 3.93. The first-order valence-corrected chi connectivity index (χ1v) is 6.99. The van der Waals surface area contributed by atoms with Crippen LogP contribution in [0.4, 0.5) is 0 Å². The molecule has 98 valence electrons. The van der Waals surface area contributed by atoms with Crippen molar-refractivity contribution in [3.05, 3.63) is 0 Å². The Morgan fingerprint density at radius 1 is 1.06 bits per heavy atom. The summed E-state index contributed by atoms with van der Waals surface area (Å²) < 4.78 is 0. The number of rotatable bonds is 2. The van der Waals surface area contributed by atoms with Gasteiger partial charge in [0.15, 0.2) is 0 Å². The van der Waals surface area contributed by atoms with Crippen molar-refractivity contribution in [2.45, 2.75) is 69.6 Å². The maximum atomic E-state index is 12.0. The lowest BCUT2D eigenvalue weighted by molar-refractivity contribution is -0.125. The minimum Gasteiger partial charge on any atom is -0.391 e. The Hall–Kier alpha value is -0.610. The largest absolute Gasteiger partial charge is 0.391 e. The fraction of sp³-hybridized carbons (Fsp3) is 0.923. The second-order valence-corrected chi connectivity index (χ2v) is 5.32. The second kappa shape index (κ2) is 6.36. The third-order valence-electron chi connectivity index (χ3n) is 3.93. The van der Waals surface area contributed by atoms with Crippen LogP contribution in [0.25, 0.3) is 0 Å². The molecule has 0 bridgehead atoms. The molecule has 4 heteroatoms. The molecule has 1 aliphatic heterocycles. The molecule has 0 spiro atoms. The molecule has 2 aliphatic rings. The van der Waals surface area contributed by atoms with Crippen molar-refractivity contribution in [1.29, 1.82) is 0 Å². The molecule has 0 radical (unpaired) electrons. The first kappa shape index (κ1) is 12.8. The quantitative estimate of drug-likeness (QED) is 0.629. The predicted molar refractivity (Wildman–Crippen MR) is 66.7 cm³/mol. The summed E-state index contributed by atoms with van der Waals surface area (Å²) in [5, 5.41) is 16.2. The highest BCUT2D eigenvalue weighted by molar-refractivity contribution is 5.82. The zero-order valence-electron chi connectivity index (χ0n) is 10.5. The number of carbonyl (C=O) groups is 1. The van der Waals surface area contributed by atoms with E-state index in [9.17, 15) is 9.90 Å². The van der Waals surface area contributed by atoms with Gasteiger partial charge < -0.3 is 15.7 Å². The van der Waals surface area contributed by atoms with Crippen LogP contribution in [0.5, 0.6) is 0 Å². The van der Waals surface area contributed by atoms with Crippen molar-refractivity contribution in [3.63, 3.8) is 0 Å². The Kier molecular flexibility index (Phi) is 4.80. The Bertz CT molecular complexity index is 252. The van der Waals surface area contributed by atoms with Crippen LogP contribution in [0.2, 0.25) is 0 Å². The number of nitrogens with one attached hydrogen (secondary N) is 2. The molecular weight excluding hydrogens is 216 g/mol. The van der Waals surface area contributed by atoms with Gasteiger partial charge in [-0.2, -0.15) is 0 Å². The fourth-order valence-corrected chi connectivity index (χ4v) is 2.82. The van der Waals surface area contributed by atoms with Gasteiger partial charge in [-0.05, 0) is 32.2 Å². The second-order valence-electron chi connectivity index (χ2n) is 5.32.